The van der Waals surface area contributed by atoms with E-state index in [1.807, 2.05) is 42.5 Å². The number of hydrazone groups is 1. The van der Waals surface area contributed by atoms with Crippen molar-refractivity contribution in [3.8, 4) is 11.5 Å². The van der Waals surface area contributed by atoms with Crippen LogP contribution in [0.2, 0.25) is 0 Å². The molecule has 37 heavy (non-hydrogen) atoms. The fourth-order valence-electron chi connectivity index (χ4n) is 3.86. The van der Waals surface area contributed by atoms with Crippen LogP contribution in [0.1, 0.15) is 29.2 Å². The molecule has 0 spiro atoms. The van der Waals surface area contributed by atoms with Crippen LogP contribution in [-0.2, 0) is 11.2 Å². The van der Waals surface area contributed by atoms with Crippen molar-refractivity contribution in [1.29, 1.82) is 5.41 Å². The van der Waals surface area contributed by atoms with Gasteiger partial charge in [-0.15, -0.1) is 0 Å². The van der Waals surface area contributed by atoms with Crippen LogP contribution in [-0.4, -0.2) is 45.2 Å². The summed E-state index contributed by atoms with van der Waals surface area (Å²) in [5.74, 6) is 1.06. The summed E-state index contributed by atoms with van der Waals surface area (Å²) < 4.78 is 11.6. The highest BCUT2D eigenvalue weighted by Crippen LogP contribution is 2.30. The molecule has 0 saturated heterocycles. The van der Waals surface area contributed by atoms with Crippen molar-refractivity contribution in [3.63, 3.8) is 0 Å². The van der Waals surface area contributed by atoms with E-state index in [0.29, 0.717) is 29.2 Å². The zero-order valence-electron chi connectivity index (χ0n) is 20.5. The fraction of sp³-hybridized carbons (Fsp3) is 0.179. The Bertz CT molecular complexity index is 1430. The molecular formula is C28H25N5O3S. The van der Waals surface area contributed by atoms with Crippen molar-refractivity contribution < 1.29 is 14.3 Å². The van der Waals surface area contributed by atoms with E-state index in [-0.39, 0.29) is 11.4 Å². The molecule has 1 aromatic heterocycles. The summed E-state index contributed by atoms with van der Waals surface area (Å²) in [6, 6.07) is 17.2. The third-order valence-corrected chi connectivity index (χ3v) is 6.65. The molecule has 2 aliphatic heterocycles. The topological polar surface area (TPSA) is 100 Å². The van der Waals surface area contributed by atoms with Gasteiger partial charge in [-0.3, -0.25) is 15.2 Å². The highest BCUT2D eigenvalue weighted by Gasteiger charge is 2.36. The molecule has 0 bridgehead atoms. The summed E-state index contributed by atoms with van der Waals surface area (Å²) in [7, 11) is 0. The van der Waals surface area contributed by atoms with Gasteiger partial charge in [0.2, 0.25) is 5.17 Å². The lowest BCUT2D eigenvalue weighted by Gasteiger charge is -2.20. The number of benzene rings is 2. The van der Waals surface area contributed by atoms with Crippen molar-refractivity contribution in [2.24, 2.45) is 10.1 Å². The van der Waals surface area contributed by atoms with Crippen molar-refractivity contribution >= 4 is 39.8 Å². The zero-order valence-corrected chi connectivity index (χ0v) is 21.3. The lowest BCUT2D eigenvalue weighted by molar-refractivity contribution is -0.114. The maximum atomic E-state index is 12.7. The van der Waals surface area contributed by atoms with Gasteiger partial charge >= 0.3 is 0 Å². The molecule has 5 rings (SSSR count). The Morgan fingerprint density at radius 2 is 1.84 bits per heavy atom. The number of fused-ring (bicyclic) bond motifs is 1. The van der Waals surface area contributed by atoms with Crippen LogP contribution in [0.15, 0.2) is 82.7 Å². The average molecular weight is 512 g/mol. The Morgan fingerprint density at radius 3 is 2.57 bits per heavy atom. The zero-order chi connectivity index (χ0) is 25.8. The van der Waals surface area contributed by atoms with Crippen LogP contribution in [0, 0.1) is 12.3 Å². The number of nitrogens with zero attached hydrogens (tertiary/aromatic N) is 4. The molecule has 8 nitrogen and oxygen atoms in total. The molecule has 0 fully saturated rings. The Labute approximate surface area is 219 Å². The molecule has 9 heteroatoms. The Morgan fingerprint density at radius 1 is 1.05 bits per heavy atom. The molecule has 2 aliphatic rings. The first kappa shape index (κ1) is 24.5. The Balaban J connectivity index is 1.20. The monoisotopic (exact) mass is 511 g/mol. The van der Waals surface area contributed by atoms with Crippen LogP contribution in [0.25, 0.3) is 6.08 Å². The maximum absolute atomic E-state index is 12.7. The molecule has 0 radical (unpaired) electrons. The molecular weight excluding hydrogens is 486 g/mol. The minimum absolute atomic E-state index is 0.0127. The lowest BCUT2D eigenvalue weighted by Crippen LogP contribution is -2.35. The number of thioether (sulfide) groups is 1. The second kappa shape index (κ2) is 10.8. The molecule has 3 heterocycles. The largest absolute Gasteiger partial charge is 0.490 e. The van der Waals surface area contributed by atoms with E-state index >= 15 is 0 Å². The molecule has 2 aromatic carbocycles. The number of hydrogen-bond acceptors (Lipinski definition) is 7. The van der Waals surface area contributed by atoms with Gasteiger partial charge in [0.05, 0.1) is 5.57 Å². The van der Waals surface area contributed by atoms with Gasteiger partial charge in [0.25, 0.3) is 5.91 Å². The van der Waals surface area contributed by atoms with E-state index in [9.17, 15) is 4.79 Å². The van der Waals surface area contributed by atoms with Gasteiger partial charge < -0.3 is 9.47 Å². The number of hydrogen-bond donors (Lipinski definition) is 1. The van der Waals surface area contributed by atoms with Crippen LogP contribution in [0.5, 0.6) is 11.5 Å². The molecule has 0 saturated carbocycles. The summed E-state index contributed by atoms with van der Waals surface area (Å²) >= 11 is 1.25. The third kappa shape index (κ3) is 5.62. The van der Waals surface area contributed by atoms with Crippen molar-refractivity contribution in [2.45, 2.75) is 20.3 Å². The van der Waals surface area contributed by atoms with E-state index < -0.39 is 5.91 Å². The third-order valence-electron chi connectivity index (χ3n) is 5.69. The predicted molar refractivity (Wildman–Crippen MR) is 146 cm³/mol. The smallest absolute Gasteiger partial charge is 0.283 e. The summed E-state index contributed by atoms with van der Waals surface area (Å²) in [5.41, 5.74) is 4.16. The highest BCUT2D eigenvalue weighted by atomic mass is 32.2. The van der Waals surface area contributed by atoms with Crippen LogP contribution in [0.3, 0.4) is 0 Å². The normalized spacial score (nSPS) is 15.9. The average Bonchev–Trinajstić information content (AvgIpc) is 3.34. The van der Waals surface area contributed by atoms with E-state index in [1.54, 1.807) is 18.5 Å². The predicted octanol–water partition coefficient (Wildman–Crippen LogP) is 5.08. The molecule has 1 N–H and O–H groups in total. The summed E-state index contributed by atoms with van der Waals surface area (Å²) in [5, 5.41) is 15.4. The van der Waals surface area contributed by atoms with Gasteiger partial charge in [-0.05, 0) is 84.3 Å². The van der Waals surface area contributed by atoms with E-state index in [1.165, 1.54) is 27.9 Å². The van der Waals surface area contributed by atoms with Crippen LogP contribution < -0.4 is 9.47 Å². The molecule has 186 valence electrons. The molecule has 3 aromatic rings. The number of nitrogens with one attached hydrogen (secondary N) is 1. The minimum Gasteiger partial charge on any atom is -0.490 e. The second-order valence-electron chi connectivity index (χ2n) is 8.44. The van der Waals surface area contributed by atoms with Gasteiger partial charge in [0, 0.05) is 18.0 Å². The number of amides is 1. The first-order valence-corrected chi connectivity index (χ1v) is 12.7. The van der Waals surface area contributed by atoms with Gasteiger partial charge in [0.1, 0.15) is 29.8 Å². The van der Waals surface area contributed by atoms with Crippen LogP contribution in [0.4, 0.5) is 0 Å². The number of pyridine rings is 1. The fourth-order valence-corrected chi connectivity index (χ4v) is 4.74. The number of aryl methyl sites for hydroxylation is 2. The first-order chi connectivity index (χ1) is 18.0. The Hall–Kier alpha value is -4.24. The number of rotatable bonds is 8. The first-order valence-electron chi connectivity index (χ1n) is 11.9. The van der Waals surface area contributed by atoms with E-state index in [0.717, 1.165) is 23.3 Å². The van der Waals surface area contributed by atoms with Crippen molar-refractivity contribution in [2.75, 3.05) is 13.2 Å². The minimum atomic E-state index is -0.466. The number of ether oxygens (including phenoxy) is 2. The number of carbonyl (C=O) groups is 1. The van der Waals surface area contributed by atoms with Crippen molar-refractivity contribution in [3.05, 3.63) is 94.8 Å². The SMILES string of the molecule is CCc1cc(C)cc(OCCOc2ccc(C=C3C(=N)N4N=C(c5cccnc5)SC4=NC3=O)cc2)c1. The summed E-state index contributed by atoms with van der Waals surface area (Å²) in [4.78, 5) is 20.9. The molecule has 1 amide bonds. The number of aromatic nitrogens is 1. The molecule has 0 aliphatic carbocycles. The standard InChI is InChI=1S/C28H25N5O3S/c1-3-19-13-18(2)14-23(15-19)36-12-11-35-22-8-6-20(7-9-22)16-24-25(29)33-28(31-26(24)34)37-27(32-33)21-5-4-10-30-17-21/h4-10,13-17,29H,3,11-12H2,1-2H3. The van der Waals surface area contributed by atoms with Crippen molar-refractivity contribution in [1.82, 2.24) is 9.99 Å². The van der Waals surface area contributed by atoms with Gasteiger partial charge in [0.15, 0.2) is 5.84 Å². The molecule has 0 unspecified atom stereocenters. The molecule has 0 atom stereocenters. The lowest BCUT2D eigenvalue weighted by atomic mass is 10.1. The van der Waals surface area contributed by atoms with E-state index in [2.05, 4.69) is 41.1 Å². The van der Waals surface area contributed by atoms with Gasteiger partial charge in [-0.25, -0.2) is 0 Å². The number of carbonyl (C=O) groups excluding carboxylic acids is 1. The summed E-state index contributed by atoms with van der Waals surface area (Å²) in [6.45, 7) is 5.02. The second-order valence-corrected chi connectivity index (χ2v) is 9.40. The maximum Gasteiger partial charge on any atom is 0.283 e. The quantitative estimate of drug-likeness (QED) is 0.335. The number of amidine groups is 2. The summed E-state index contributed by atoms with van der Waals surface area (Å²) in [6.07, 6.45) is 5.97. The highest BCUT2D eigenvalue weighted by molar-refractivity contribution is 8.27. The van der Waals surface area contributed by atoms with Crippen LogP contribution >= 0.6 is 11.8 Å². The van der Waals surface area contributed by atoms with Gasteiger partial charge in [-0.2, -0.15) is 15.1 Å². The van der Waals surface area contributed by atoms with Gasteiger partial charge in [-0.1, -0.05) is 25.1 Å². The Kier molecular flexibility index (Phi) is 7.14. The van der Waals surface area contributed by atoms with E-state index in [4.69, 9.17) is 14.9 Å². The number of aliphatic imine (C=N–C) groups is 1.